The molecule has 4 aliphatic heterocycles. The van der Waals surface area contributed by atoms with E-state index in [1.54, 1.807) is 16.8 Å². The van der Waals surface area contributed by atoms with Crippen molar-refractivity contribution >= 4 is 49.0 Å². The monoisotopic (exact) mass is 979 g/mol. The first-order chi connectivity index (χ1) is 35.1. The number of anilines is 1. The summed E-state index contributed by atoms with van der Waals surface area (Å²) >= 11 is 4.26. The van der Waals surface area contributed by atoms with Crippen LogP contribution < -0.4 is 26.6 Å². The summed E-state index contributed by atoms with van der Waals surface area (Å²) in [6.07, 6.45) is 52.6. The largest absolute Gasteiger partial charge is 0.397 e. The van der Waals surface area contributed by atoms with Gasteiger partial charge in [0.15, 0.2) is 0 Å². The number of hydrogen-bond acceptors (Lipinski definition) is 8. The lowest BCUT2D eigenvalue weighted by Gasteiger charge is -2.48. The van der Waals surface area contributed by atoms with Gasteiger partial charge in [-0.3, -0.25) is 16.0 Å². The first-order valence-corrected chi connectivity index (χ1v) is 30.2. The Kier molecular flexibility index (Phi) is 11.3. The second-order valence-electron chi connectivity index (χ2n) is 23.9. The molecule has 71 heavy (non-hydrogen) atoms. The van der Waals surface area contributed by atoms with E-state index in [-0.39, 0.29) is 24.4 Å². The predicted octanol–water partition coefficient (Wildman–Crippen LogP) is 13.1. The van der Waals surface area contributed by atoms with Crippen LogP contribution in [0.4, 0.5) is 5.69 Å². The zero-order chi connectivity index (χ0) is 46.7. The Morgan fingerprint density at radius 1 is 0.676 bits per heavy atom. The van der Waals surface area contributed by atoms with E-state index in [1.165, 1.54) is 115 Å². The van der Waals surface area contributed by atoms with E-state index in [9.17, 15) is 0 Å². The molecule has 0 radical (unpaired) electrons. The van der Waals surface area contributed by atoms with Crippen LogP contribution in [0.2, 0.25) is 0 Å². The standard InChI is InChI=1S/C63H74N6S2/c64-50-35-41(63-66-61(39-16-12-15-38(33-39)37-13-2-1-3-14-37)65-62(67-63)40-26-31-57-48(34-40)44-18-6-10-23-55(44)70-57)25-29-53(50)69-51-21-8-4-17-43(51)46-28-30-54-59(60(46)69)47-20-5-9-22-52(47)68(54)42-27-32-58-49(36-42)45-19-7-11-24-56(45)71-58/h1-3,6-8,11-13,15,18-19,21,24,26-27,29,32,35-39,41,43-44,46,48,51,54-55,57,59-63,65-67H,4-5,9-10,14,16-17,20,22-23,25,28,30-31,33-34,64H2. The Balaban J connectivity index is 0.737. The number of rotatable bonds is 6. The third-order valence-electron chi connectivity index (χ3n) is 20.4. The summed E-state index contributed by atoms with van der Waals surface area (Å²) in [5, 5.41) is 17.2. The van der Waals surface area contributed by atoms with E-state index in [0.717, 1.165) is 47.3 Å². The number of thiophene rings is 1. The van der Waals surface area contributed by atoms with Crippen molar-refractivity contribution in [1.29, 1.82) is 0 Å². The van der Waals surface area contributed by atoms with Crippen molar-refractivity contribution in [2.24, 2.45) is 59.0 Å². The van der Waals surface area contributed by atoms with Crippen LogP contribution in [0.3, 0.4) is 0 Å². The number of benzene rings is 2. The number of nitrogens with one attached hydrogen (secondary N) is 3. The Hall–Kier alpha value is -4.05. The summed E-state index contributed by atoms with van der Waals surface area (Å²) in [7, 11) is 0. The van der Waals surface area contributed by atoms with Crippen LogP contribution in [-0.4, -0.2) is 52.0 Å². The van der Waals surface area contributed by atoms with Crippen LogP contribution in [0.15, 0.2) is 150 Å². The third kappa shape index (κ3) is 7.48. The highest BCUT2D eigenvalue weighted by atomic mass is 32.2. The van der Waals surface area contributed by atoms with E-state index >= 15 is 0 Å². The van der Waals surface area contributed by atoms with Crippen molar-refractivity contribution in [3.05, 3.63) is 150 Å². The first-order valence-electron chi connectivity index (χ1n) is 28.4. The summed E-state index contributed by atoms with van der Waals surface area (Å²) in [5.41, 5.74) is 16.5. The summed E-state index contributed by atoms with van der Waals surface area (Å²) in [5.74, 6) is 5.38. The van der Waals surface area contributed by atoms with E-state index in [4.69, 9.17) is 5.73 Å². The molecule has 6 nitrogen and oxygen atoms in total. The molecule has 8 aliphatic carbocycles. The summed E-state index contributed by atoms with van der Waals surface area (Å²) < 4.78 is 2.80. The SMILES string of the molecule is NC1=CC(C2NC(C3=CCC4SC5CCC=CC5C4C3)NC(C3CC=CC(C4C=CC=CC4)C3)N2)CC=C1N1C2C=CCCC2C2CCC3C(C4=C(CCCC4)N3c3ccc4sc5ccccc5c4c3)C21. The molecule has 17 unspecified atom stereocenters. The molecule has 2 aromatic carbocycles. The lowest BCUT2D eigenvalue weighted by molar-refractivity contribution is 0.122. The van der Waals surface area contributed by atoms with Crippen LogP contribution in [0.5, 0.6) is 0 Å². The Morgan fingerprint density at radius 3 is 2.52 bits per heavy atom. The van der Waals surface area contributed by atoms with Crippen LogP contribution in [0.1, 0.15) is 103 Å². The number of hydrogen-bond donors (Lipinski definition) is 4. The van der Waals surface area contributed by atoms with E-state index in [0.29, 0.717) is 53.6 Å². The zero-order valence-electron chi connectivity index (χ0n) is 41.5. The van der Waals surface area contributed by atoms with Crippen molar-refractivity contribution in [2.45, 2.75) is 150 Å². The molecule has 5 heterocycles. The van der Waals surface area contributed by atoms with Crippen molar-refractivity contribution < 1.29 is 0 Å². The second-order valence-corrected chi connectivity index (χ2v) is 26.5. The fourth-order valence-corrected chi connectivity index (χ4v) is 20.3. The van der Waals surface area contributed by atoms with E-state index in [2.05, 4.69) is 159 Å². The molecular weight excluding hydrogens is 905 g/mol. The van der Waals surface area contributed by atoms with Crippen molar-refractivity contribution in [3.8, 4) is 0 Å². The van der Waals surface area contributed by atoms with Gasteiger partial charge in [0.1, 0.15) is 0 Å². The minimum Gasteiger partial charge on any atom is -0.397 e. The van der Waals surface area contributed by atoms with Gasteiger partial charge in [0.05, 0.1) is 35.9 Å². The molecule has 0 bridgehead atoms. The molecule has 4 fully saturated rings. The summed E-state index contributed by atoms with van der Waals surface area (Å²) in [6, 6.07) is 17.9. The highest BCUT2D eigenvalue weighted by Gasteiger charge is 2.60. The van der Waals surface area contributed by atoms with Gasteiger partial charge in [-0.15, -0.1) is 11.3 Å². The van der Waals surface area contributed by atoms with Gasteiger partial charge in [-0.1, -0.05) is 97.2 Å². The molecular formula is C63H74N6S2. The maximum absolute atomic E-state index is 7.64. The lowest BCUT2D eigenvalue weighted by Crippen LogP contribution is -2.71. The van der Waals surface area contributed by atoms with Crippen LogP contribution in [0.25, 0.3) is 20.2 Å². The van der Waals surface area contributed by atoms with Crippen LogP contribution in [-0.2, 0) is 0 Å². The summed E-state index contributed by atoms with van der Waals surface area (Å²) in [4.78, 5) is 5.85. The first kappa shape index (κ1) is 44.4. The summed E-state index contributed by atoms with van der Waals surface area (Å²) in [6.45, 7) is 0. The molecule has 0 spiro atoms. The van der Waals surface area contributed by atoms with Crippen molar-refractivity contribution in [1.82, 2.24) is 20.9 Å². The van der Waals surface area contributed by atoms with Crippen LogP contribution >= 0.6 is 23.1 Å². The van der Waals surface area contributed by atoms with Crippen molar-refractivity contribution in [2.75, 3.05) is 4.90 Å². The molecule has 5 N–H and O–H groups in total. The zero-order valence-corrected chi connectivity index (χ0v) is 43.1. The number of fused-ring (bicyclic) bond motifs is 12. The van der Waals surface area contributed by atoms with Crippen molar-refractivity contribution in [3.63, 3.8) is 0 Å². The Labute approximate surface area is 430 Å². The van der Waals surface area contributed by atoms with Gasteiger partial charge >= 0.3 is 0 Å². The van der Waals surface area contributed by atoms with E-state index in [1.807, 2.05) is 11.3 Å². The number of nitrogens with zero attached hydrogens (tertiary/aromatic N) is 2. The molecule has 17 atom stereocenters. The van der Waals surface area contributed by atoms with Gasteiger partial charge in [0.25, 0.3) is 0 Å². The van der Waals surface area contributed by atoms with Gasteiger partial charge in [0, 0.05) is 66.0 Å². The molecule has 1 aromatic heterocycles. The van der Waals surface area contributed by atoms with Gasteiger partial charge < -0.3 is 15.5 Å². The number of nitrogens with two attached hydrogens (primary N) is 1. The minimum absolute atomic E-state index is 0.132. The molecule has 0 amide bonds. The topological polar surface area (TPSA) is 68.6 Å². The normalized spacial score (nSPS) is 41.3. The maximum atomic E-state index is 7.64. The number of thioether (sulfide) groups is 1. The van der Waals surface area contributed by atoms with Gasteiger partial charge in [-0.2, -0.15) is 11.8 Å². The highest BCUT2D eigenvalue weighted by Crippen LogP contribution is 2.60. The fraction of sp³-hybridized carbons (Fsp3) is 0.524. The average Bonchev–Trinajstić information content (AvgIpc) is 4.18. The Morgan fingerprint density at radius 2 is 1.58 bits per heavy atom. The molecule has 3 aromatic rings. The minimum atomic E-state index is 0.132. The second kappa shape index (κ2) is 18.1. The van der Waals surface area contributed by atoms with Gasteiger partial charge in [-0.25, -0.2) is 0 Å². The third-order valence-corrected chi connectivity index (χ3v) is 23.4. The van der Waals surface area contributed by atoms with Gasteiger partial charge in [-0.05, 0) is 180 Å². The average molecular weight is 979 g/mol. The van der Waals surface area contributed by atoms with E-state index < -0.39 is 0 Å². The molecule has 3 saturated heterocycles. The highest BCUT2D eigenvalue weighted by molar-refractivity contribution is 8.00. The van der Waals surface area contributed by atoms with Crippen LogP contribution in [0, 0.1) is 53.3 Å². The smallest absolute Gasteiger partial charge is 0.0818 e. The maximum Gasteiger partial charge on any atom is 0.0818 e. The quantitative estimate of drug-likeness (QED) is 0.184. The lowest BCUT2D eigenvalue weighted by atomic mass is 9.67. The number of likely N-dealkylation sites (tertiary alicyclic amines) is 1. The molecule has 368 valence electrons. The predicted molar refractivity (Wildman–Crippen MR) is 297 cm³/mol. The molecule has 12 aliphatic rings. The molecule has 15 rings (SSSR count). The molecule has 8 heteroatoms. The fourth-order valence-electron chi connectivity index (χ4n) is 17.3. The Bertz CT molecular complexity index is 2880. The number of allylic oxidation sites excluding steroid dienone is 12. The molecule has 1 saturated carbocycles. The van der Waals surface area contributed by atoms with Gasteiger partial charge in [0.2, 0.25) is 0 Å².